The lowest BCUT2D eigenvalue weighted by Gasteiger charge is -2.25. The molecule has 2 heteroatoms. The van der Waals surface area contributed by atoms with E-state index in [-0.39, 0.29) is 0 Å². The van der Waals surface area contributed by atoms with Crippen LogP contribution in [0.1, 0.15) is 56.2 Å². The van der Waals surface area contributed by atoms with Crippen LogP contribution < -0.4 is 10.4 Å². The van der Waals surface area contributed by atoms with Crippen LogP contribution in [0.25, 0.3) is 17.2 Å². The summed E-state index contributed by atoms with van der Waals surface area (Å²) in [5.74, 6) is 0. The van der Waals surface area contributed by atoms with E-state index < -0.39 is 16.1 Å². The highest BCUT2D eigenvalue weighted by atomic mass is 28.3. The Morgan fingerprint density at radius 1 is 0.767 bits per heavy atom. The third kappa shape index (κ3) is 5.08. The van der Waals surface area contributed by atoms with Crippen molar-refractivity contribution >= 4 is 32.6 Å². The number of fused-ring (bicyclic) bond motifs is 1. The summed E-state index contributed by atoms with van der Waals surface area (Å²) in [6, 6.07) is 12.5. The van der Waals surface area contributed by atoms with E-state index in [1.54, 1.807) is 32.6 Å². The van der Waals surface area contributed by atoms with Gasteiger partial charge in [0.2, 0.25) is 0 Å². The van der Waals surface area contributed by atoms with Gasteiger partial charge in [0.1, 0.15) is 0 Å². The number of allylic oxidation sites excluding steroid dienone is 1. The Balaban J connectivity index is 2.24. The number of benzene rings is 2. The fourth-order valence-corrected chi connectivity index (χ4v) is 7.05. The zero-order chi connectivity index (χ0) is 22.1. The molecule has 0 saturated carbocycles. The van der Waals surface area contributed by atoms with Crippen LogP contribution in [0.15, 0.2) is 35.9 Å². The smallest absolute Gasteiger partial charge is 0.0656 e. The van der Waals surface area contributed by atoms with Gasteiger partial charge >= 0.3 is 0 Å². The second-order valence-electron chi connectivity index (χ2n) is 11.3. The van der Waals surface area contributed by atoms with Crippen molar-refractivity contribution in [3.63, 3.8) is 0 Å². The summed E-state index contributed by atoms with van der Waals surface area (Å²) < 4.78 is 0. The van der Waals surface area contributed by atoms with Crippen molar-refractivity contribution in [2.75, 3.05) is 0 Å². The van der Waals surface area contributed by atoms with Gasteiger partial charge in [-0.25, -0.2) is 0 Å². The van der Waals surface area contributed by atoms with Crippen LogP contribution >= 0.6 is 0 Å². The second-order valence-corrected chi connectivity index (χ2v) is 21.5. The van der Waals surface area contributed by atoms with Gasteiger partial charge in [0.15, 0.2) is 0 Å². The van der Waals surface area contributed by atoms with Crippen LogP contribution in [0.3, 0.4) is 0 Å². The number of hydrogen-bond donors (Lipinski definition) is 0. The van der Waals surface area contributed by atoms with Gasteiger partial charge in [0.05, 0.1) is 16.1 Å². The first kappa shape index (κ1) is 23.3. The van der Waals surface area contributed by atoms with Crippen molar-refractivity contribution in [3.8, 4) is 11.1 Å². The SMILES string of the molecule is CCCCC1=Cc2c(ccc(CCC)c2-c2cc([Si](C)(C)C)cc([Si](C)(C)C)c2)C1. The van der Waals surface area contributed by atoms with Crippen LogP contribution in [0.5, 0.6) is 0 Å². The van der Waals surface area contributed by atoms with Gasteiger partial charge in [0, 0.05) is 0 Å². The quantitative estimate of drug-likeness (QED) is 0.377. The molecule has 2 aromatic rings. The van der Waals surface area contributed by atoms with Crippen LogP contribution in [0, 0.1) is 0 Å². The van der Waals surface area contributed by atoms with E-state index in [9.17, 15) is 0 Å². The largest absolute Gasteiger partial charge is 0.0776 e. The monoisotopic (exact) mass is 434 g/mol. The Kier molecular flexibility index (Phi) is 6.99. The highest BCUT2D eigenvalue weighted by molar-refractivity contribution is 6.91. The summed E-state index contributed by atoms with van der Waals surface area (Å²) in [5, 5.41) is 3.23. The maximum atomic E-state index is 2.56. The molecule has 0 N–H and O–H groups in total. The van der Waals surface area contributed by atoms with Gasteiger partial charge in [-0.2, -0.15) is 0 Å². The van der Waals surface area contributed by atoms with Gasteiger partial charge in [-0.15, -0.1) is 0 Å². The first-order valence-electron chi connectivity index (χ1n) is 12.0. The molecule has 3 rings (SSSR count). The van der Waals surface area contributed by atoms with Crippen LogP contribution in [-0.2, 0) is 12.8 Å². The molecule has 1 aliphatic rings. The predicted molar refractivity (Wildman–Crippen MR) is 143 cm³/mol. The Bertz CT molecular complexity index is 904. The molecule has 0 heterocycles. The summed E-state index contributed by atoms with van der Waals surface area (Å²) in [6.07, 6.45) is 9.91. The first-order chi connectivity index (χ1) is 14.0. The van der Waals surface area contributed by atoms with Crippen molar-refractivity contribution in [1.82, 2.24) is 0 Å². The molecule has 1 aliphatic carbocycles. The normalized spacial score (nSPS) is 14.1. The van der Waals surface area contributed by atoms with E-state index in [1.807, 2.05) is 0 Å². The van der Waals surface area contributed by atoms with Gasteiger partial charge in [0.25, 0.3) is 0 Å². The number of unbranched alkanes of at least 4 members (excludes halogenated alkanes) is 1. The summed E-state index contributed by atoms with van der Waals surface area (Å²) >= 11 is 0. The lowest BCUT2D eigenvalue weighted by atomic mass is 9.90. The summed E-state index contributed by atoms with van der Waals surface area (Å²) in [5.41, 5.74) is 9.28. The van der Waals surface area contributed by atoms with Gasteiger partial charge in [-0.05, 0) is 53.5 Å². The van der Waals surface area contributed by atoms with Crippen molar-refractivity contribution in [2.24, 2.45) is 0 Å². The highest BCUT2D eigenvalue weighted by Crippen LogP contribution is 2.38. The van der Waals surface area contributed by atoms with E-state index in [2.05, 4.69) is 89.5 Å². The average molecular weight is 435 g/mol. The molecule has 0 aliphatic heterocycles. The molecular formula is C28H42Si2. The van der Waals surface area contributed by atoms with Crippen LogP contribution in [0.2, 0.25) is 39.3 Å². The van der Waals surface area contributed by atoms with Gasteiger partial charge in [-0.3, -0.25) is 0 Å². The fourth-order valence-electron chi connectivity index (χ4n) is 4.55. The molecule has 162 valence electrons. The van der Waals surface area contributed by atoms with Crippen LogP contribution in [0.4, 0.5) is 0 Å². The molecule has 0 bridgehead atoms. The zero-order valence-electron chi connectivity index (χ0n) is 20.7. The molecule has 0 amide bonds. The molecule has 30 heavy (non-hydrogen) atoms. The Labute approximate surface area is 187 Å². The minimum absolute atomic E-state index is 1.16. The number of aryl methyl sites for hydroxylation is 1. The van der Waals surface area contributed by atoms with Crippen molar-refractivity contribution in [3.05, 3.63) is 52.6 Å². The molecule has 0 aromatic heterocycles. The Hall–Kier alpha value is -1.39. The average Bonchev–Trinajstić information content (AvgIpc) is 3.07. The second kappa shape index (κ2) is 9.00. The summed E-state index contributed by atoms with van der Waals surface area (Å²) in [6.45, 7) is 19.6. The number of hydrogen-bond acceptors (Lipinski definition) is 0. The Morgan fingerprint density at radius 2 is 1.40 bits per heavy atom. The van der Waals surface area contributed by atoms with E-state index >= 15 is 0 Å². The van der Waals surface area contributed by atoms with Gasteiger partial charge in [-0.1, -0.05) is 118 Å². The third-order valence-corrected chi connectivity index (χ3v) is 10.6. The molecule has 0 fully saturated rings. The van der Waals surface area contributed by atoms with Crippen LogP contribution in [-0.4, -0.2) is 16.1 Å². The molecule has 0 atom stereocenters. The predicted octanol–water partition coefficient (Wildman–Crippen LogP) is 7.53. The van der Waals surface area contributed by atoms with E-state index in [0.717, 1.165) is 6.42 Å². The molecule has 0 saturated heterocycles. The van der Waals surface area contributed by atoms with Gasteiger partial charge < -0.3 is 0 Å². The maximum absolute atomic E-state index is 2.56. The maximum Gasteiger partial charge on any atom is 0.0776 e. The molecular weight excluding hydrogens is 392 g/mol. The minimum atomic E-state index is -1.39. The fraction of sp³-hybridized carbons (Fsp3) is 0.500. The van der Waals surface area contributed by atoms with E-state index in [4.69, 9.17) is 0 Å². The summed E-state index contributed by atoms with van der Waals surface area (Å²) in [7, 11) is -2.79. The number of rotatable bonds is 8. The highest BCUT2D eigenvalue weighted by Gasteiger charge is 2.25. The molecule has 0 nitrogen and oxygen atoms in total. The van der Waals surface area contributed by atoms with Crippen molar-refractivity contribution in [2.45, 2.75) is 91.7 Å². The minimum Gasteiger partial charge on any atom is -0.0656 e. The molecule has 0 unspecified atom stereocenters. The van der Waals surface area contributed by atoms with E-state index in [1.165, 1.54) is 43.2 Å². The lowest BCUT2D eigenvalue weighted by molar-refractivity contribution is 0.779. The third-order valence-electron chi connectivity index (χ3n) is 6.51. The lowest BCUT2D eigenvalue weighted by Crippen LogP contribution is -2.45. The standard InChI is InChI=1S/C28H42Si2/c1-9-11-13-21-16-23-15-14-22(12-10-2)28(27(23)17-21)24-18-25(29(3,4)5)20-26(19-24)30(6,7)8/h14-15,17-20H,9-13,16H2,1-8H3. The summed E-state index contributed by atoms with van der Waals surface area (Å²) in [4.78, 5) is 0. The zero-order valence-corrected chi connectivity index (χ0v) is 22.7. The van der Waals surface area contributed by atoms with E-state index in [0.29, 0.717) is 0 Å². The molecule has 2 aromatic carbocycles. The van der Waals surface area contributed by atoms with Crippen molar-refractivity contribution in [1.29, 1.82) is 0 Å². The van der Waals surface area contributed by atoms with Crippen molar-refractivity contribution < 1.29 is 0 Å². The molecule has 0 radical (unpaired) electrons. The topological polar surface area (TPSA) is 0 Å². The first-order valence-corrected chi connectivity index (χ1v) is 19.0. The Morgan fingerprint density at radius 3 is 1.93 bits per heavy atom. The molecule has 0 spiro atoms.